The molecule has 0 aromatic heterocycles. The molecule has 0 spiro atoms. The normalized spacial score (nSPS) is 10.0. The second-order valence-electron chi connectivity index (χ2n) is 5.22. The van der Waals surface area contributed by atoms with Crippen molar-refractivity contribution in [2.45, 2.75) is 12.8 Å². The highest BCUT2D eigenvalue weighted by Gasteiger charge is 2.08. The molecule has 0 radical (unpaired) electrons. The van der Waals surface area contributed by atoms with Crippen molar-refractivity contribution in [1.29, 1.82) is 0 Å². The van der Waals surface area contributed by atoms with Gasteiger partial charge in [0, 0.05) is 29.3 Å². The monoisotopic (exact) mass is 393 g/mol. The zero-order valence-corrected chi connectivity index (χ0v) is 15.2. The summed E-state index contributed by atoms with van der Waals surface area (Å²) in [6.07, 6.45) is 0.734. The van der Waals surface area contributed by atoms with Gasteiger partial charge in [0.2, 0.25) is 5.91 Å². The maximum absolute atomic E-state index is 11.9. The standard InChI is InChI=1S/C17H16ClN3O4S/c18-12-6-8-15(9-7-12)25-10-2-5-16(22)20-17(26)19-13-3-1-4-14(11-13)21(23)24/h1,3-4,6-9,11H,2,5,10H2,(H2,19,20,22,26). The van der Waals surface area contributed by atoms with E-state index in [1.807, 2.05) is 0 Å². The summed E-state index contributed by atoms with van der Waals surface area (Å²) >= 11 is 10.8. The average molecular weight is 394 g/mol. The van der Waals surface area contributed by atoms with Gasteiger partial charge in [-0.05, 0) is 49.0 Å². The number of nitro groups is 1. The number of nitrogens with zero attached hydrogens (tertiary/aromatic N) is 1. The van der Waals surface area contributed by atoms with E-state index in [9.17, 15) is 14.9 Å². The molecule has 2 aromatic rings. The molecule has 0 aliphatic carbocycles. The summed E-state index contributed by atoms with van der Waals surface area (Å²) < 4.78 is 5.50. The zero-order valence-electron chi connectivity index (χ0n) is 13.6. The Labute approximate surface area is 160 Å². The van der Waals surface area contributed by atoms with E-state index in [1.54, 1.807) is 30.3 Å². The number of carbonyl (C=O) groups excluding carboxylic acids is 1. The van der Waals surface area contributed by atoms with Gasteiger partial charge >= 0.3 is 0 Å². The molecule has 2 N–H and O–H groups in total. The van der Waals surface area contributed by atoms with Crippen LogP contribution in [0.3, 0.4) is 0 Å². The van der Waals surface area contributed by atoms with Crippen molar-refractivity contribution in [3.8, 4) is 5.75 Å². The van der Waals surface area contributed by atoms with E-state index in [0.717, 1.165) is 0 Å². The molecule has 0 unspecified atom stereocenters. The number of non-ortho nitro benzene ring substituents is 1. The van der Waals surface area contributed by atoms with Gasteiger partial charge in [-0.1, -0.05) is 17.7 Å². The maximum atomic E-state index is 11.9. The van der Waals surface area contributed by atoms with E-state index in [-0.39, 0.29) is 23.1 Å². The summed E-state index contributed by atoms with van der Waals surface area (Å²) in [5, 5.41) is 16.7. The van der Waals surface area contributed by atoms with Crippen LogP contribution < -0.4 is 15.4 Å². The van der Waals surface area contributed by atoms with Gasteiger partial charge in [-0.3, -0.25) is 14.9 Å². The lowest BCUT2D eigenvalue weighted by molar-refractivity contribution is -0.384. The van der Waals surface area contributed by atoms with Gasteiger partial charge in [-0.25, -0.2) is 0 Å². The summed E-state index contributed by atoms with van der Waals surface area (Å²) in [5.41, 5.74) is 0.360. The predicted octanol–water partition coefficient (Wildman–Crippen LogP) is 3.92. The fraction of sp³-hybridized carbons (Fsp3) is 0.176. The fourth-order valence-electron chi connectivity index (χ4n) is 2.00. The number of thiocarbonyl (C=S) groups is 1. The number of halogens is 1. The molecule has 0 atom stereocenters. The minimum absolute atomic E-state index is 0.0662. The van der Waals surface area contributed by atoms with E-state index < -0.39 is 4.92 Å². The van der Waals surface area contributed by atoms with Crippen LogP contribution in [-0.4, -0.2) is 22.5 Å². The number of carbonyl (C=O) groups is 1. The van der Waals surface area contributed by atoms with Gasteiger partial charge in [0.15, 0.2) is 5.11 Å². The SMILES string of the molecule is O=C(CCCOc1ccc(Cl)cc1)NC(=S)Nc1cccc([N+](=O)[O-])c1. The maximum Gasteiger partial charge on any atom is 0.271 e. The van der Waals surface area contributed by atoms with Crippen molar-refractivity contribution in [3.63, 3.8) is 0 Å². The summed E-state index contributed by atoms with van der Waals surface area (Å²) in [6, 6.07) is 12.8. The molecule has 0 aliphatic rings. The highest BCUT2D eigenvalue weighted by molar-refractivity contribution is 7.80. The van der Waals surface area contributed by atoms with E-state index in [4.69, 9.17) is 28.6 Å². The molecule has 0 saturated heterocycles. The minimum Gasteiger partial charge on any atom is -0.494 e. The van der Waals surface area contributed by atoms with Crippen molar-refractivity contribution in [3.05, 3.63) is 63.7 Å². The highest BCUT2D eigenvalue weighted by Crippen LogP contribution is 2.17. The highest BCUT2D eigenvalue weighted by atomic mass is 35.5. The van der Waals surface area contributed by atoms with Crippen LogP contribution in [0.2, 0.25) is 5.02 Å². The largest absolute Gasteiger partial charge is 0.494 e. The zero-order chi connectivity index (χ0) is 18.9. The van der Waals surface area contributed by atoms with Gasteiger partial charge in [-0.15, -0.1) is 0 Å². The van der Waals surface area contributed by atoms with Gasteiger partial charge in [-0.2, -0.15) is 0 Å². The first-order valence-corrected chi connectivity index (χ1v) is 8.46. The predicted molar refractivity (Wildman–Crippen MR) is 104 cm³/mol. The topological polar surface area (TPSA) is 93.5 Å². The number of hydrogen-bond donors (Lipinski definition) is 2. The summed E-state index contributed by atoms with van der Waals surface area (Å²) in [7, 11) is 0. The van der Waals surface area contributed by atoms with Gasteiger partial charge in [0.1, 0.15) is 5.75 Å². The number of anilines is 1. The van der Waals surface area contributed by atoms with Crippen LogP contribution in [-0.2, 0) is 4.79 Å². The van der Waals surface area contributed by atoms with Crippen molar-refractivity contribution in [1.82, 2.24) is 5.32 Å². The molecule has 0 saturated carbocycles. The molecule has 26 heavy (non-hydrogen) atoms. The van der Waals surface area contributed by atoms with Crippen LogP contribution in [0.4, 0.5) is 11.4 Å². The molecule has 7 nitrogen and oxygen atoms in total. The molecule has 2 rings (SSSR count). The number of ether oxygens (including phenoxy) is 1. The molecule has 0 heterocycles. The van der Waals surface area contributed by atoms with Crippen LogP contribution >= 0.6 is 23.8 Å². The van der Waals surface area contributed by atoms with Crippen molar-refractivity contribution >= 4 is 46.2 Å². The van der Waals surface area contributed by atoms with Crippen molar-refractivity contribution in [2.75, 3.05) is 11.9 Å². The molecular formula is C17H16ClN3O4S. The number of nitro benzene ring substituents is 1. The minimum atomic E-state index is -0.506. The number of nitrogens with one attached hydrogen (secondary N) is 2. The first kappa shape index (κ1) is 19.6. The third kappa shape index (κ3) is 6.66. The Hall–Kier alpha value is -2.71. The Bertz CT molecular complexity index is 799. The van der Waals surface area contributed by atoms with Crippen LogP contribution in [0.5, 0.6) is 5.75 Å². The number of benzene rings is 2. The third-order valence-electron chi connectivity index (χ3n) is 3.20. The van der Waals surface area contributed by atoms with Crippen LogP contribution in [0.1, 0.15) is 12.8 Å². The fourth-order valence-corrected chi connectivity index (χ4v) is 2.36. The molecule has 0 fully saturated rings. The number of hydrogen-bond acceptors (Lipinski definition) is 5. The Morgan fingerprint density at radius 2 is 1.96 bits per heavy atom. The van der Waals surface area contributed by atoms with Crippen molar-refractivity contribution < 1.29 is 14.5 Å². The van der Waals surface area contributed by atoms with E-state index in [0.29, 0.717) is 29.5 Å². The third-order valence-corrected chi connectivity index (χ3v) is 3.65. The molecule has 0 aliphatic heterocycles. The molecule has 136 valence electrons. The average Bonchev–Trinajstić information content (AvgIpc) is 2.60. The number of amides is 1. The summed E-state index contributed by atoms with van der Waals surface area (Å²) in [6.45, 7) is 0.375. The lowest BCUT2D eigenvalue weighted by Gasteiger charge is -2.10. The molecular weight excluding hydrogens is 378 g/mol. The quantitative estimate of drug-likeness (QED) is 0.320. The Morgan fingerprint density at radius 3 is 2.65 bits per heavy atom. The first-order valence-electron chi connectivity index (χ1n) is 7.68. The first-order chi connectivity index (χ1) is 12.4. The van der Waals surface area contributed by atoms with E-state index in [2.05, 4.69) is 10.6 Å². The summed E-state index contributed by atoms with van der Waals surface area (Å²) in [4.78, 5) is 22.1. The van der Waals surface area contributed by atoms with Crippen LogP contribution in [0, 0.1) is 10.1 Å². The number of rotatable bonds is 7. The van der Waals surface area contributed by atoms with E-state index >= 15 is 0 Å². The lowest BCUT2D eigenvalue weighted by Crippen LogP contribution is -2.34. The Morgan fingerprint density at radius 1 is 1.23 bits per heavy atom. The summed E-state index contributed by atoms with van der Waals surface area (Å²) in [5.74, 6) is 0.408. The molecule has 2 aromatic carbocycles. The molecule has 9 heteroatoms. The van der Waals surface area contributed by atoms with Gasteiger partial charge in [0.05, 0.1) is 11.5 Å². The van der Waals surface area contributed by atoms with Crippen LogP contribution in [0.15, 0.2) is 48.5 Å². The second-order valence-corrected chi connectivity index (χ2v) is 6.06. The Balaban J connectivity index is 1.70. The van der Waals surface area contributed by atoms with Crippen molar-refractivity contribution in [2.24, 2.45) is 0 Å². The van der Waals surface area contributed by atoms with Crippen LogP contribution in [0.25, 0.3) is 0 Å². The van der Waals surface area contributed by atoms with E-state index in [1.165, 1.54) is 18.2 Å². The lowest BCUT2D eigenvalue weighted by atomic mass is 10.3. The smallest absolute Gasteiger partial charge is 0.271 e. The second kappa shape index (κ2) is 9.69. The van der Waals surface area contributed by atoms with Gasteiger partial charge in [0.25, 0.3) is 5.69 Å². The molecule has 0 bridgehead atoms. The van der Waals surface area contributed by atoms with Gasteiger partial charge < -0.3 is 15.4 Å². The molecule has 1 amide bonds. The Kier molecular flexibility index (Phi) is 7.31.